The number of rotatable bonds is 3. The summed E-state index contributed by atoms with van der Waals surface area (Å²) in [6, 6.07) is 18.3. The van der Waals surface area contributed by atoms with Crippen LogP contribution >= 0.6 is 22.9 Å². The van der Waals surface area contributed by atoms with Crippen molar-refractivity contribution in [1.29, 1.82) is 0 Å². The molecular formula is C22H21ClN3OS+. The molecule has 2 aromatic carbocycles. The average molecular weight is 411 g/mol. The number of nitrogens with one attached hydrogen (secondary N) is 3. The summed E-state index contributed by atoms with van der Waals surface area (Å²) in [4.78, 5) is 15.8. The lowest BCUT2D eigenvalue weighted by atomic mass is 10.00. The van der Waals surface area contributed by atoms with Crippen LogP contribution in [0.5, 0.6) is 0 Å². The third-order valence-electron chi connectivity index (χ3n) is 5.52. The Bertz CT molecular complexity index is 1030. The molecule has 1 unspecified atom stereocenters. The summed E-state index contributed by atoms with van der Waals surface area (Å²) >= 11 is 8.06. The SMILES string of the molecule is O=C1N[C@@H](c2ccccc2Cl)Nc2sc3c(c21)CC[NH+](Cc1ccccc1)C3. The van der Waals surface area contributed by atoms with E-state index < -0.39 is 0 Å². The Morgan fingerprint density at radius 1 is 1.07 bits per heavy atom. The van der Waals surface area contributed by atoms with Crippen LogP contribution in [0.25, 0.3) is 0 Å². The second-order valence-electron chi connectivity index (χ2n) is 7.37. The average Bonchev–Trinajstić information content (AvgIpc) is 3.07. The zero-order chi connectivity index (χ0) is 19.1. The lowest BCUT2D eigenvalue weighted by Gasteiger charge is -2.28. The summed E-state index contributed by atoms with van der Waals surface area (Å²) in [7, 11) is 0. The Kier molecular flexibility index (Phi) is 4.59. The van der Waals surface area contributed by atoms with Gasteiger partial charge < -0.3 is 15.5 Å². The maximum Gasteiger partial charge on any atom is 0.256 e. The predicted octanol–water partition coefficient (Wildman–Crippen LogP) is 3.40. The van der Waals surface area contributed by atoms with Gasteiger partial charge in [0.1, 0.15) is 24.3 Å². The first kappa shape index (κ1) is 17.7. The van der Waals surface area contributed by atoms with E-state index in [1.165, 1.54) is 16.0 Å². The van der Waals surface area contributed by atoms with Crippen LogP contribution < -0.4 is 15.5 Å². The monoisotopic (exact) mass is 410 g/mol. The first-order valence-electron chi connectivity index (χ1n) is 9.53. The summed E-state index contributed by atoms with van der Waals surface area (Å²) in [5.74, 6) is 0.00248. The highest BCUT2D eigenvalue weighted by Crippen LogP contribution is 2.39. The topological polar surface area (TPSA) is 45.6 Å². The lowest BCUT2D eigenvalue weighted by Crippen LogP contribution is -3.10. The van der Waals surface area contributed by atoms with E-state index in [-0.39, 0.29) is 12.1 Å². The van der Waals surface area contributed by atoms with E-state index in [0.717, 1.165) is 42.2 Å². The molecule has 0 radical (unpaired) electrons. The number of hydrogen-bond donors (Lipinski definition) is 3. The third kappa shape index (κ3) is 3.20. The molecule has 0 aliphatic carbocycles. The highest BCUT2D eigenvalue weighted by atomic mass is 35.5. The molecule has 28 heavy (non-hydrogen) atoms. The van der Waals surface area contributed by atoms with E-state index in [2.05, 4.69) is 41.0 Å². The normalized spacial score (nSPS) is 20.7. The summed E-state index contributed by atoms with van der Waals surface area (Å²) in [5, 5.41) is 8.21. The van der Waals surface area contributed by atoms with Gasteiger partial charge >= 0.3 is 0 Å². The number of thiophene rings is 1. The fraction of sp³-hybridized carbons (Fsp3) is 0.227. The minimum Gasteiger partial charge on any atom is -0.353 e. The largest absolute Gasteiger partial charge is 0.353 e. The van der Waals surface area contributed by atoms with Crippen LogP contribution in [0.2, 0.25) is 5.02 Å². The van der Waals surface area contributed by atoms with Gasteiger partial charge in [0.2, 0.25) is 0 Å². The minimum atomic E-state index is -0.290. The number of amides is 1. The number of anilines is 1. The molecule has 0 saturated carbocycles. The van der Waals surface area contributed by atoms with Crippen LogP contribution in [-0.2, 0) is 19.5 Å². The molecule has 3 heterocycles. The van der Waals surface area contributed by atoms with Crippen molar-refractivity contribution >= 4 is 33.8 Å². The van der Waals surface area contributed by atoms with Crippen molar-refractivity contribution in [3.63, 3.8) is 0 Å². The lowest BCUT2D eigenvalue weighted by molar-refractivity contribution is -0.929. The number of halogens is 1. The maximum atomic E-state index is 12.9. The van der Waals surface area contributed by atoms with Crippen LogP contribution in [0.4, 0.5) is 5.00 Å². The Hall–Kier alpha value is -2.34. The van der Waals surface area contributed by atoms with E-state index in [0.29, 0.717) is 5.02 Å². The summed E-state index contributed by atoms with van der Waals surface area (Å²) in [6.45, 7) is 3.03. The van der Waals surface area contributed by atoms with Crippen LogP contribution in [0.1, 0.15) is 38.1 Å². The fourth-order valence-corrected chi connectivity index (χ4v) is 5.74. The Labute approximate surface area is 173 Å². The zero-order valence-electron chi connectivity index (χ0n) is 15.3. The van der Waals surface area contributed by atoms with Crippen molar-refractivity contribution in [2.45, 2.75) is 25.7 Å². The molecule has 0 spiro atoms. The van der Waals surface area contributed by atoms with Crippen molar-refractivity contribution < 1.29 is 9.69 Å². The molecule has 3 N–H and O–H groups in total. The number of fused-ring (bicyclic) bond motifs is 3. The molecule has 1 amide bonds. The summed E-state index contributed by atoms with van der Waals surface area (Å²) in [5.41, 5.74) is 4.31. The second-order valence-corrected chi connectivity index (χ2v) is 8.88. The highest BCUT2D eigenvalue weighted by Gasteiger charge is 2.35. The molecule has 2 aliphatic rings. The Morgan fingerprint density at radius 3 is 2.68 bits per heavy atom. The van der Waals surface area contributed by atoms with Gasteiger partial charge in [0, 0.05) is 22.6 Å². The second kappa shape index (κ2) is 7.24. The summed E-state index contributed by atoms with van der Waals surface area (Å²) in [6.07, 6.45) is 0.649. The van der Waals surface area contributed by atoms with Crippen molar-refractivity contribution in [2.24, 2.45) is 0 Å². The van der Waals surface area contributed by atoms with Gasteiger partial charge in [0.25, 0.3) is 5.91 Å². The van der Waals surface area contributed by atoms with Gasteiger partial charge in [-0.1, -0.05) is 60.1 Å². The molecular weight excluding hydrogens is 390 g/mol. The van der Waals surface area contributed by atoms with Gasteiger partial charge in [-0.2, -0.15) is 0 Å². The van der Waals surface area contributed by atoms with E-state index in [9.17, 15) is 4.79 Å². The Morgan fingerprint density at radius 2 is 1.86 bits per heavy atom. The molecule has 6 heteroatoms. The molecule has 0 bridgehead atoms. The van der Waals surface area contributed by atoms with Crippen molar-refractivity contribution in [3.8, 4) is 0 Å². The predicted molar refractivity (Wildman–Crippen MR) is 113 cm³/mol. The van der Waals surface area contributed by atoms with Crippen molar-refractivity contribution in [1.82, 2.24) is 5.32 Å². The fourth-order valence-electron chi connectivity index (χ4n) is 4.15. The maximum absolute atomic E-state index is 12.9. The Balaban J connectivity index is 1.40. The first-order chi connectivity index (χ1) is 13.7. The van der Waals surface area contributed by atoms with Crippen molar-refractivity contribution in [2.75, 3.05) is 11.9 Å². The van der Waals surface area contributed by atoms with Crippen molar-refractivity contribution in [3.05, 3.63) is 86.8 Å². The molecule has 0 fully saturated rings. The quantitative estimate of drug-likeness (QED) is 0.619. The minimum absolute atomic E-state index is 0.00248. The van der Waals surface area contributed by atoms with Crippen LogP contribution in [0.15, 0.2) is 54.6 Å². The number of hydrogen-bond acceptors (Lipinski definition) is 3. The van der Waals surface area contributed by atoms with Crippen LogP contribution in [0.3, 0.4) is 0 Å². The number of benzene rings is 2. The van der Waals surface area contributed by atoms with Gasteiger partial charge in [-0.3, -0.25) is 4.79 Å². The van der Waals surface area contributed by atoms with Gasteiger partial charge in [0.15, 0.2) is 0 Å². The number of carbonyl (C=O) groups excluding carboxylic acids is 1. The van der Waals surface area contributed by atoms with Gasteiger partial charge in [-0.05, 0) is 11.6 Å². The molecule has 0 saturated heterocycles. The molecule has 2 atom stereocenters. The third-order valence-corrected chi connectivity index (χ3v) is 7.03. The molecule has 142 valence electrons. The number of quaternary nitrogens is 1. The van der Waals surface area contributed by atoms with E-state index in [4.69, 9.17) is 11.6 Å². The number of carbonyl (C=O) groups is 1. The van der Waals surface area contributed by atoms with Gasteiger partial charge in [-0.25, -0.2) is 0 Å². The van der Waals surface area contributed by atoms with E-state index in [1.54, 1.807) is 16.2 Å². The van der Waals surface area contributed by atoms with Crippen LogP contribution in [0, 0.1) is 0 Å². The molecule has 2 aliphatic heterocycles. The van der Waals surface area contributed by atoms with Gasteiger partial charge in [0.05, 0.1) is 17.0 Å². The first-order valence-corrected chi connectivity index (χ1v) is 10.7. The molecule has 1 aromatic heterocycles. The van der Waals surface area contributed by atoms with Gasteiger partial charge in [-0.15, -0.1) is 11.3 Å². The standard InChI is InChI=1S/C22H20ClN3OS/c23-17-9-5-4-8-15(17)20-24-21(27)19-16-10-11-26(12-14-6-2-1-3-7-14)13-18(16)28-22(19)25-20/h1-9,20,25H,10-13H2,(H,24,27)/p+1/t20-/m1/s1. The molecule has 5 rings (SSSR count). The highest BCUT2D eigenvalue weighted by molar-refractivity contribution is 7.16. The van der Waals surface area contributed by atoms with E-state index in [1.807, 2.05) is 24.3 Å². The smallest absolute Gasteiger partial charge is 0.256 e. The zero-order valence-corrected chi connectivity index (χ0v) is 16.9. The van der Waals surface area contributed by atoms with Crippen LogP contribution in [-0.4, -0.2) is 12.5 Å². The van der Waals surface area contributed by atoms with E-state index >= 15 is 0 Å². The summed E-state index contributed by atoms with van der Waals surface area (Å²) < 4.78 is 0. The molecule has 4 nitrogen and oxygen atoms in total. The molecule has 3 aromatic rings.